The lowest BCUT2D eigenvalue weighted by molar-refractivity contribution is -0.144. The molecule has 0 aliphatic heterocycles. The second-order valence-corrected chi connectivity index (χ2v) is 9.57. The average Bonchev–Trinajstić information content (AvgIpc) is 3.25. The minimum absolute atomic E-state index is 0.0595. The van der Waals surface area contributed by atoms with E-state index in [-0.39, 0.29) is 33.6 Å². The molecule has 3 aromatic rings. The van der Waals surface area contributed by atoms with Gasteiger partial charge in [-0.05, 0) is 49.4 Å². The number of rotatable bonds is 8. The van der Waals surface area contributed by atoms with E-state index in [1.54, 1.807) is 6.92 Å². The fraction of sp³-hybridized carbons (Fsp3) is 0.320. The molecule has 2 N–H and O–H groups in total. The topological polar surface area (TPSA) is 76.0 Å². The number of hydrogen-bond acceptors (Lipinski definition) is 4. The first-order valence-electron chi connectivity index (χ1n) is 11.3. The maximum absolute atomic E-state index is 14.6. The zero-order chi connectivity index (χ0) is 29.1. The van der Waals surface area contributed by atoms with E-state index < -0.39 is 53.5 Å². The van der Waals surface area contributed by atoms with Crippen molar-refractivity contribution in [3.05, 3.63) is 81.9 Å². The molecule has 2 amide bonds. The van der Waals surface area contributed by atoms with Gasteiger partial charge < -0.3 is 10.6 Å². The summed E-state index contributed by atoms with van der Waals surface area (Å²) in [5.74, 6) is -1.92. The van der Waals surface area contributed by atoms with E-state index in [0.717, 1.165) is 6.07 Å². The first kappa shape index (κ1) is 30.0. The van der Waals surface area contributed by atoms with Crippen molar-refractivity contribution in [2.75, 3.05) is 17.3 Å². The Morgan fingerprint density at radius 1 is 1.03 bits per heavy atom. The first-order valence-corrected chi connectivity index (χ1v) is 12.7. The number of thioether (sulfide) groups is 1. The van der Waals surface area contributed by atoms with Crippen LogP contribution in [0.3, 0.4) is 0 Å². The van der Waals surface area contributed by atoms with E-state index in [4.69, 9.17) is 0 Å². The largest absolute Gasteiger partial charge is 0.435 e. The second-order valence-electron chi connectivity index (χ2n) is 8.66. The van der Waals surface area contributed by atoms with Gasteiger partial charge in [-0.25, -0.2) is 4.39 Å². The summed E-state index contributed by atoms with van der Waals surface area (Å²) in [4.78, 5) is 25.7. The summed E-state index contributed by atoms with van der Waals surface area (Å²) >= 11 is 1.47. The van der Waals surface area contributed by atoms with Crippen LogP contribution in [0.5, 0.6) is 0 Å². The highest BCUT2D eigenvalue weighted by atomic mass is 32.2. The number of anilines is 1. The number of alkyl halides is 6. The Morgan fingerprint density at radius 3 is 2.31 bits per heavy atom. The molecule has 14 heteroatoms. The van der Waals surface area contributed by atoms with E-state index in [9.17, 15) is 40.3 Å². The lowest BCUT2D eigenvalue weighted by Crippen LogP contribution is -2.36. The molecule has 1 unspecified atom stereocenters. The number of hydrogen-bond donors (Lipinski definition) is 2. The molecule has 0 radical (unpaired) electrons. The van der Waals surface area contributed by atoms with Crippen LogP contribution in [0.1, 0.15) is 50.2 Å². The molecule has 0 fully saturated rings. The van der Waals surface area contributed by atoms with Crippen molar-refractivity contribution in [3.8, 4) is 0 Å². The lowest BCUT2D eigenvalue weighted by Gasteiger charge is -2.16. The van der Waals surface area contributed by atoms with Crippen LogP contribution in [0.4, 0.5) is 36.4 Å². The van der Waals surface area contributed by atoms with E-state index in [0.29, 0.717) is 11.3 Å². The molecule has 0 aliphatic rings. The Bertz CT molecular complexity index is 1370. The van der Waals surface area contributed by atoms with Gasteiger partial charge in [-0.1, -0.05) is 18.2 Å². The minimum Gasteiger partial charge on any atom is -0.349 e. The van der Waals surface area contributed by atoms with Crippen LogP contribution in [0, 0.1) is 12.7 Å². The highest BCUT2D eigenvalue weighted by molar-refractivity contribution is 7.98. The molecule has 0 spiro atoms. The first-order chi connectivity index (χ1) is 18.1. The third-order valence-electron chi connectivity index (χ3n) is 5.51. The van der Waals surface area contributed by atoms with Gasteiger partial charge in [-0.3, -0.25) is 14.3 Å². The Labute approximate surface area is 223 Å². The van der Waals surface area contributed by atoms with Gasteiger partial charge in [0.2, 0.25) is 0 Å². The van der Waals surface area contributed by atoms with E-state index in [1.807, 2.05) is 6.26 Å². The second kappa shape index (κ2) is 11.7. The molecule has 6 nitrogen and oxygen atoms in total. The molecular weight excluding hydrogens is 553 g/mol. The van der Waals surface area contributed by atoms with Crippen molar-refractivity contribution >= 4 is 29.3 Å². The van der Waals surface area contributed by atoms with Gasteiger partial charge in [0.1, 0.15) is 11.5 Å². The van der Waals surface area contributed by atoms with Gasteiger partial charge >= 0.3 is 12.4 Å². The molecule has 0 saturated heterocycles. The van der Waals surface area contributed by atoms with Crippen molar-refractivity contribution in [1.82, 2.24) is 15.1 Å². The molecular formula is C25H23F7N4O2S. The van der Waals surface area contributed by atoms with Crippen molar-refractivity contribution in [1.29, 1.82) is 0 Å². The smallest absolute Gasteiger partial charge is 0.349 e. The highest BCUT2D eigenvalue weighted by Gasteiger charge is 2.41. The molecule has 1 atom stereocenters. The number of carbonyl (C=O) groups is 2. The number of aromatic nitrogens is 2. The summed E-state index contributed by atoms with van der Waals surface area (Å²) in [5.41, 5.74) is -3.19. The number of halogens is 7. The normalized spacial score (nSPS) is 12.8. The van der Waals surface area contributed by atoms with E-state index in [2.05, 4.69) is 15.7 Å². The standard InChI is InChI=1S/C25H23F7N4O2S/c1-13-9-15(11-36-20(25(30,31)32)10-19(35-36)24(27,28)29)7-8-18(13)34-22(37)16-5-4-6-17(26)21(16)23(38)33-14(2)12-39-3/h4-10,14H,11-12H2,1-3H3,(H,33,38)(H,34,37). The van der Waals surface area contributed by atoms with Crippen molar-refractivity contribution < 1.29 is 40.3 Å². The average molecular weight is 577 g/mol. The zero-order valence-corrected chi connectivity index (χ0v) is 21.6. The van der Waals surface area contributed by atoms with Crippen molar-refractivity contribution in [2.24, 2.45) is 0 Å². The Balaban J connectivity index is 1.84. The molecule has 1 heterocycles. The maximum Gasteiger partial charge on any atom is 0.435 e. The van der Waals surface area contributed by atoms with Crippen LogP contribution in [-0.2, 0) is 18.9 Å². The van der Waals surface area contributed by atoms with Crippen molar-refractivity contribution in [3.63, 3.8) is 0 Å². The number of nitrogens with zero attached hydrogens (tertiary/aromatic N) is 2. The van der Waals surface area contributed by atoms with Gasteiger partial charge in [-0.15, -0.1) is 0 Å². The minimum atomic E-state index is -5.07. The van der Waals surface area contributed by atoms with Gasteiger partial charge in [0.05, 0.1) is 17.7 Å². The van der Waals surface area contributed by atoms with Gasteiger partial charge in [0, 0.05) is 23.5 Å². The third kappa shape index (κ3) is 7.31. The molecule has 3 rings (SSSR count). The monoisotopic (exact) mass is 576 g/mol. The summed E-state index contributed by atoms with van der Waals surface area (Å²) in [5, 5.41) is 8.24. The van der Waals surface area contributed by atoms with Crippen LogP contribution < -0.4 is 10.6 Å². The van der Waals surface area contributed by atoms with Crippen LogP contribution in [-0.4, -0.2) is 39.6 Å². The Hall–Kier alpha value is -3.55. The molecule has 1 aromatic heterocycles. The summed E-state index contributed by atoms with van der Waals surface area (Å²) in [6.45, 7) is 2.62. The van der Waals surface area contributed by atoms with Crippen LogP contribution in [0.2, 0.25) is 0 Å². The molecule has 0 bridgehead atoms. The van der Waals surface area contributed by atoms with Crippen LogP contribution in [0.15, 0.2) is 42.5 Å². The molecule has 39 heavy (non-hydrogen) atoms. The fourth-order valence-corrected chi connectivity index (χ4v) is 4.35. The third-order valence-corrected chi connectivity index (χ3v) is 6.34. The van der Waals surface area contributed by atoms with Crippen molar-refractivity contribution in [2.45, 2.75) is 38.8 Å². The molecule has 0 saturated carbocycles. The van der Waals surface area contributed by atoms with Crippen LogP contribution >= 0.6 is 11.8 Å². The quantitative estimate of drug-likeness (QED) is 0.316. The highest BCUT2D eigenvalue weighted by Crippen LogP contribution is 2.35. The summed E-state index contributed by atoms with van der Waals surface area (Å²) in [6, 6.07) is 7.23. The number of nitrogens with one attached hydrogen (secondary N) is 2. The molecule has 2 aromatic carbocycles. The Morgan fingerprint density at radius 2 is 1.72 bits per heavy atom. The van der Waals surface area contributed by atoms with E-state index in [1.165, 1.54) is 49.0 Å². The zero-order valence-electron chi connectivity index (χ0n) is 20.8. The fourth-order valence-electron chi connectivity index (χ4n) is 3.76. The molecule has 0 aliphatic carbocycles. The summed E-state index contributed by atoms with van der Waals surface area (Å²) in [6.07, 6.45) is -8.29. The number of amides is 2. The predicted molar refractivity (Wildman–Crippen MR) is 132 cm³/mol. The van der Waals surface area contributed by atoms with E-state index >= 15 is 0 Å². The number of benzene rings is 2. The summed E-state index contributed by atoms with van der Waals surface area (Å²) in [7, 11) is 0. The van der Waals surface area contributed by atoms with Gasteiger partial charge in [0.15, 0.2) is 5.69 Å². The SMILES string of the molecule is CSCC(C)NC(=O)c1c(F)cccc1C(=O)Nc1ccc(Cn2nc(C(F)(F)F)cc2C(F)(F)F)cc1C. The maximum atomic E-state index is 14.6. The summed E-state index contributed by atoms with van der Waals surface area (Å²) < 4.78 is 93.5. The van der Waals surface area contributed by atoms with Gasteiger partial charge in [-0.2, -0.15) is 43.2 Å². The Kier molecular flexibility index (Phi) is 8.98. The van der Waals surface area contributed by atoms with Gasteiger partial charge in [0.25, 0.3) is 11.8 Å². The predicted octanol–water partition coefficient (Wildman–Crippen LogP) is 6.15. The number of carbonyl (C=O) groups excluding carboxylic acids is 2. The number of aryl methyl sites for hydroxylation is 1. The molecule has 210 valence electrons. The lowest BCUT2D eigenvalue weighted by atomic mass is 10.0. The van der Waals surface area contributed by atoms with Crippen LogP contribution in [0.25, 0.3) is 0 Å².